The molecule has 0 bridgehead atoms. The molecule has 2 N–H and O–H groups in total. The summed E-state index contributed by atoms with van der Waals surface area (Å²) in [6.07, 6.45) is -1.28. The summed E-state index contributed by atoms with van der Waals surface area (Å²) in [5.41, 5.74) is 0. The lowest BCUT2D eigenvalue weighted by Crippen LogP contribution is -2.69. The van der Waals surface area contributed by atoms with Crippen LogP contribution in [0.15, 0.2) is 0 Å². The number of hydrogen-bond donors (Lipinski definition) is 2. The quantitative estimate of drug-likeness (QED) is 0.596. The third-order valence-corrected chi connectivity index (χ3v) is 3.18. The number of amides is 2. The van der Waals surface area contributed by atoms with Gasteiger partial charge in [-0.05, 0) is 13.3 Å². The number of carbonyl (C=O) groups is 2. The first-order valence-corrected chi connectivity index (χ1v) is 4.55. The SMILES string of the molecule is CC1C2C(CCN2C(=O)O)N1C(=O)O. The van der Waals surface area contributed by atoms with Crippen molar-refractivity contribution >= 4 is 12.2 Å². The van der Waals surface area contributed by atoms with E-state index in [0.717, 1.165) is 0 Å². The van der Waals surface area contributed by atoms with Gasteiger partial charge < -0.3 is 15.1 Å². The van der Waals surface area contributed by atoms with E-state index < -0.39 is 12.2 Å². The number of carboxylic acid groups (broad SMARTS) is 2. The molecule has 14 heavy (non-hydrogen) atoms. The second-order valence-corrected chi connectivity index (χ2v) is 3.75. The summed E-state index contributed by atoms with van der Waals surface area (Å²) in [6, 6.07) is -0.474. The van der Waals surface area contributed by atoms with Crippen molar-refractivity contribution in [3.63, 3.8) is 0 Å². The fourth-order valence-corrected chi connectivity index (χ4v) is 2.59. The van der Waals surface area contributed by atoms with Gasteiger partial charge in [-0.25, -0.2) is 9.59 Å². The maximum absolute atomic E-state index is 10.8. The second-order valence-electron chi connectivity index (χ2n) is 3.75. The zero-order valence-corrected chi connectivity index (χ0v) is 7.75. The Morgan fingerprint density at radius 3 is 2.43 bits per heavy atom. The van der Waals surface area contributed by atoms with E-state index in [9.17, 15) is 9.59 Å². The summed E-state index contributed by atoms with van der Waals surface area (Å²) < 4.78 is 0. The molecule has 0 aromatic rings. The Morgan fingerprint density at radius 1 is 1.29 bits per heavy atom. The van der Waals surface area contributed by atoms with Gasteiger partial charge in [-0.3, -0.25) is 4.90 Å². The Labute approximate surface area is 80.7 Å². The molecule has 0 aliphatic carbocycles. The number of hydrogen-bond acceptors (Lipinski definition) is 2. The normalized spacial score (nSPS) is 35.1. The van der Waals surface area contributed by atoms with Gasteiger partial charge in [0.2, 0.25) is 0 Å². The van der Waals surface area contributed by atoms with E-state index in [-0.39, 0.29) is 18.1 Å². The predicted molar refractivity (Wildman–Crippen MR) is 46.2 cm³/mol. The second kappa shape index (κ2) is 2.76. The van der Waals surface area contributed by atoms with Gasteiger partial charge in [-0.1, -0.05) is 0 Å². The van der Waals surface area contributed by atoms with E-state index in [1.54, 1.807) is 6.92 Å². The van der Waals surface area contributed by atoms with E-state index in [2.05, 4.69) is 0 Å². The lowest BCUT2D eigenvalue weighted by atomic mass is 9.89. The molecule has 2 heterocycles. The number of fused-ring (bicyclic) bond motifs is 1. The van der Waals surface area contributed by atoms with Crippen LogP contribution in [0, 0.1) is 0 Å². The molecule has 2 fully saturated rings. The largest absolute Gasteiger partial charge is 0.465 e. The van der Waals surface area contributed by atoms with Gasteiger partial charge in [0.25, 0.3) is 0 Å². The number of nitrogens with zero attached hydrogens (tertiary/aromatic N) is 2. The van der Waals surface area contributed by atoms with Crippen LogP contribution >= 0.6 is 0 Å². The molecule has 2 amide bonds. The van der Waals surface area contributed by atoms with Crippen LogP contribution in [0.25, 0.3) is 0 Å². The van der Waals surface area contributed by atoms with Crippen molar-refractivity contribution in [3.8, 4) is 0 Å². The van der Waals surface area contributed by atoms with Gasteiger partial charge in [0.15, 0.2) is 0 Å². The molecule has 3 atom stereocenters. The molecule has 0 aromatic carbocycles. The lowest BCUT2D eigenvalue weighted by Gasteiger charge is -2.50. The molecule has 0 saturated carbocycles. The van der Waals surface area contributed by atoms with Crippen LogP contribution in [0.3, 0.4) is 0 Å². The number of rotatable bonds is 0. The molecular weight excluding hydrogens is 188 g/mol. The molecule has 0 spiro atoms. The maximum Gasteiger partial charge on any atom is 0.407 e. The van der Waals surface area contributed by atoms with E-state index in [0.29, 0.717) is 13.0 Å². The molecule has 78 valence electrons. The Balaban J connectivity index is 2.12. The highest BCUT2D eigenvalue weighted by Crippen LogP contribution is 2.37. The summed E-state index contributed by atoms with van der Waals surface area (Å²) in [7, 11) is 0. The van der Waals surface area contributed by atoms with Gasteiger partial charge in [0, 0.05) is 6.54 Å². The van der Waals surface area contributed by atoms with Crippen LogP contribution in [0.2, 0.25) is 0 Å². The topological polar surface area (TPSA) is 81.1 Å². The van der Waals surface area contributed by atoms with Crippen LogP contribution in [0.1, 0.15) is 13.3 Å². The van der Waals surface area contributed by atoms with Crippen molar-refractivity contribution in [2.24, 2.45) is 0 Å². The van der Waals surface area contributed by atoms with Crippen molar-refractivity contribution in [2.45, 2.75) is 31.5 Å². The Kier molecular flexibility index (Phi) is 1.80. The average Bonchev–Trinajstić information content (AvgIpc) is 2.42. The van der Waals surface area contributed by atoms with Crippen LogP contribution < -0.4 is 0 Å². The summed E-state index contributed by atoms with van der Waals surface area (Å²) in [5, 5.41) is 17.7. The molecular formula is C8H12N2O4. The third kappa shape index (κ3) is 0.964. The Hall–Kier alpha value is -1.46. The van der Waals surface area contributed by atoms with Crippen LogP contribution in [-0.4, -0.2) is 56.9 Å². The van der Waals surface area contributed by atoms with Crippen LogP contribution in [-0.2, 0) is 0 Å². The highest BCUT2D eigenvalue weighted by atomic mass is 16.4. The zero-order valence-electron chi connectivity index (χ0n) is 7.75. The molecule has 2 aliphatic heterocycles. The average molecular weight is 200 g/mol. The molecule has 0 aromatic heterocycles. The number of likely N-dealkylation sites (tertiary alicyclic amines) is 2. The molecule has 2 aliphatic rings. The van der Waals surface area contributed by atoms with Crippen molar-refractivity contribution in [1.29, 1.82) is 0 Å². The Morgan fingerprint density at radius 2 is 1.93 bits per heavy atom. The van der Waals surface area contributed by atoms with Crippen molar-refractivity contribution in [2.75, 3.05) is 6.54 Å². The minimum absolute atomic E-state index is 0.126. The monoisotopic (exact) mass is 200 g/mol. The fraction of sp³-hybridized carbons (Fsp3) is 0.750. The van der Waals surface area contributed by atoms with Gasteiger partial charge >= 0.3 is 12.2 Å². The van der Waals surface area contributed by atoms with Gasteiger partial charge in [-0.2, -0.15) is 0 Å². The molecule has 2 rings (SSSR count). The predicted octanol–water partition coefficient (Wildman–Crippen LogP) is 0.489. The summed E-state index contributed by atoms with van der Waals surface area (Å²) in [6.45, 7) is 2.19. The molecule has 0 radical (unpaired) electrons. The third-order valence-electron chi connectivity index (χ3n) is 3.18. The lowest BCUT2D eigenvalue weighted by molar-refractivity contribution is -0.0153. The first-order chi connectivity index (χ1) is 6.54. The van der Waals surface area contributed by atoms with E-state index in [1.165, 1.54) is 9.80 Å². The molecule has 6 heteroatoms. The van der Waals surface area contributed by atoms with Crippen LogP contribution in [0.5, 0.6) is 0 Å². The summed E-state index contributed by atoms with van der Waals surface area (Å²) in [5.74, 6) is 0. The van der Waals surface area contributed by atoms with E-state index in [1.807, 2.05) is 0 Å². The van der Waals surface area contributed by atoms with Crippen LogP contribution in [0.4, 0.5) is 9.59 Å². The maximum atomic E-state index is 10.8. The summed E-state index contributed by atoms with van der Waals surface area (Å²) >= 11 is 0. The fourth-order valence-electron chi connectivity index (χ4n) is 2.59. The smallest absolute Gasteiger partial charge is 0.407 e. The minimum Gasteiger partial charge on any atom is -0.465 e. The van der Waals surface area contributed by atoms with Gasteiger partial charge in [-0.15, -0.1) is 0 Å². The molecule has 2 saturated heterocycles. The zero-order chi connectivity index (χ0) is 10.5. The molecule has 6 nitrogen and oxygen atoms in total. The standard InChI is InChI=1S/C8H12N2O4/c1-4-6-5(10(4)8(13)14)2-3-9(6)7(11)12/h4-6H,2-3H2,1H3,(H,11,12)(H,13,14). The van der Waals surface area contributed by atoms with Gasteiger partial charge in [0.1, 0.15) is 0 Å². The van der Waals surface area contributed by atoms with Crippen molar-refractivity contribution < 1.29 is 19.8 Å². The van der Waals surface area contributed by atoms with Crippen molar-refractivity contribution in [1.82, 2.24) is 9.80 Å². The Bertz CT molecular complexity index is 281. The summed E-state index contributed by atoms with van der Waals surface area (Å²) in [4.78, 5) is 24.2. The van der Waals surface area contributed by atoms with Gasteiger partial charge in [0.05, 0.1) is 18.1 Å². The van der Waals surface area contributed by atoms with Crippen molar-refractivity contribution in [3.05, 3.63) is 0 Å². The first-order valence-electron chi connectivity index (χ1n) is 4.55. The highest BCUT2D eigenvalue weighted by Gasteiger charge is 2.56. The molecule has 3 unspecified atom stereocenters. The van der Waals surface area contributed by atoms with E-state index >= 15 is 0 Å². The highest BCUT2D eigenvalue weighted by molar-refractivity contribution is 5.71. The van der Waals surface area contributed by atoms with E-state index in [4.69, 9.17) is 10.2 Å². The minimum atomic E-state index is -0.953. The first kappa shape index (κ1) is 9.11.